The first-order valence-corrected chi connectivity index (χ1v) is 8.45. The van der Waals surface area contributed by atoms with Crippen molar-refractivity contribution in [3.63, 3.8) is 0 Å². The van der Waals surface area contributed by atoms with E-state index in [4.69, 9.17) is 4.74 Å². The number of amides is 1. The fraction of sp³-hybridized carbons (Fsp3) is 0.0455. The molecule has 0 radical (unpaired) electrons. The summed E-state index contributed by atoms with van der Waals surface area (Å²) in [7, 11) is 0. The molecule has 0 saturated carbocycles. The fourth-order valence-electron chi connectivity index (χ4n) is 2.79. The van der Waals surface area contributed by atoms with Crippen LogP contribution in [-0.4, -0.2) is 10.9 Å². The van der Waals surface area contributed by atoms with Crippen molar-refractivity contribution in [3.8, 4) is 11.5 Å². The van der Waals surface area contributed by atoms with E-state index in [1.807, 2.05) is 60.8 Å². The van der Waals surface area contributed by atoms with Crippen molar-refractivity contribution in [1.82, 2.24) is 10.3 Å². The SMILES string of the molecule is O=C(NCc1ccc2cc[nH]c2c1)c1ccc(Oc2ccccc2)cc1. The van der Waals surface area contributed by atoms with Crippen LogP contribution in [0.1, 0.15) is 15.9 Å². The van der Waals surface area contributed by atoms with Gasteiger partial charge in [0, 0.05) is 23.8 Å². The standard InChI is InChI=1S/C22H18N2O2/c25-22(24-15-16-6-7-17-12-13-23-21(17)14-16)18-8-10-20(11-9-18)26-19-4-2-1-3-5-19/h1-14,23H,15H2,(H,24,25). The molecule has 0 aliphatic carbocycles. The van der Waals surface area contributed by atoms with Gasteiger partial charge in [-0.15, -0.1) is 0 Å². The molecule has 4 nitrogen and oxygen atoms in total. The van der Waals surface area contributed by atoms with Gasteiger partial charge in [-0.2, -0.15) is 0 Å². The maximum atomic E-state index is 12.3. The number of carbonyl (C=O) groups excluding carboxylic acids is 1. The predicted molar refractivity (Wildman–Crippen MR) is 102 cm³/mol. The lowest BCUT2D eigenvalue weighted by Gasteiger charge is -2.08. The van der Waals surface area contributed by atoms with Gasteiger partial charge in [0.05, 0.1) is 0 Å². The van der Waals surface area contributed by atoms with E-state index in [9.17, 15) is 4.79 Å². The maximum Gasteiger partial charge on any atom is 0.251 e. The molecule has 0 saturated heterocycles. The van der Waals surface area contributed by atoms with E-state index in [0.29, 0.717) is 17.9 Å². The number of aromatic amines is 1. The van der Waals surface area contributed by atoms with Crippen molar-refractivity contribution in [2.24, 2.45) is 0 Å². The summed E-state index contributed by atoms with van der Waals surface area (Å²) < 4.78 is 5.74. The molecule has 128 valence electrons. The number of fused-ring (bicyclic) bond motifs is 1. The minimum atomic E-state index is -0.108. The van der Waals surface area contributed by atoms with Crippen molar-refractivity contribution in [2.45, 2.75) is 6.54 Å². The number of H-pyrrole nitrogens is 1. The lowest BCUT2D eigenvalue weighted by molar-refractivity contribution is 0.0951. The highest BCUT2D eigenvalue weighted by Gasteiger charge is 2.06. The van der Waals surface area contributed by atoms with E-state index >= 15 is 0 Å². The lowest BCUT2D eigenvalue weighted by Crippen LogP contribution is -2.22. The van der Waals surface area contributed by atoms with Gasteiger partial charge in [-0.3, -0.25) is 4.79 Å². The van der Waals surface area contributed by atoms with Crippen molar-refractivity contribution < 1.29 is 9.53 Å². The van der Waals surface area contributed by atoms with Gasteiger partial charge in [-0.1, -0.05) is 30.3 Å². The Kier molecular flexibility index (Phi) is 4.39. The largest absolute Gasteiger partial charge is 0.457 e. The summed E-state index contributed by atoms with van der Waals surface area (Å²) >= 11 is 0. The minimum absolute atomic E-state index is 0.108. The number of benzene rings is 3. The number of carbonyl (C=O) groups is 1. The number of ether oxygens (including phenoxy) is 1. The monoisotopic (exact) mass is 342 g/mol. The van der Waals surface area contributed by atoms with Crippen molar-refractivity contribution >= 4 is 16.8 Å². The number of para-hydroxylation sites is 1. The zero-order valence-electron chi connectivity index (χ0n) is 14.1. The Morgan fingerprint density at radius 3 is 2.46 bits per heavy atom. The molecular formula is C22H18N2O2. The predicted octanol–water partition coefficient (Wildman–Crippen LogP) is 4.89. The first-order valence-electron chi connectivity index (χ1n) is 8.45. The van der Waals surface area contributed by atoms with E-state index in [1.54, 1.807) is 24.3 Å². The van der Waals surface area contributed by atoms with E-state index in [2.05, 4.69) is 10.3 Å². The third kappa shape index (κ3) is 3.59. The highest BCUT2D eigenvalue weighted by molar-refractivity contribution is 5.94. The Labute approximate surface area is 151 Å². The van der Waals surface area contributed by atoms with Crippen molar-refractivity contribution in [3.05, 3.63) is 96.2 Å². The van der Waals surface area contributed by atoms with Gasteiger partial charge in [0.2, 0.25) is 0 Å². The van der Waals surface area contributed by atoms with Crippen LogP contribution in [0.5, 0.6) is 11.5 Å². The average Bonchev–Trinajstić information content (AvgIpc) is 3.15. The van der Waals surface area contributed by atoms with Gasteiger partial charge in [-0.05, 0) is 59.5 Å². The van der Waals surface area contributed by atoms with Crippen LogP contribution in [0.15, 0.2) is 85.1 Å². The minimum Gasteiger partial charge on any atom is -0.457 e. The Bertz CT molecular complexity index is 1020. The highest BCUT2D eigenvalue weighted by atomic mass is 16.5. The third-order valence-corrected chi connectivity index (χ3v) is 4.17. The summed E-state index contributed by atoms with van der Waals surface area (Å²) in [6, 6.07) is 24.8. The van der Waals surface area contributed by atoms with E-state index in [1.165, 1.54) is 0 Å². The third-order valence-electron chi connectivity index (χ3n) is 4.17. The highest BCUT2D eigenvalue weighted by Crippen LogP contribution is 2.21. The number of nitrogens with one attached hydrogen (secondary N) is 2. The molecule has 0 bridgehead atoms. The van der Waals surface area contributed by atoms with Gasteiger partial charge >= 0.3 is 0 Å². The van der Waals surface area contributed by atoms with Crippen LogP contribution < -0.4 is 10.1 Å². The normalized spacial score (nSPS) is 10.6. The summed E-state index contributed by atoms with van der Waals surface area (Å²) in [5.41, 5.74) is 2.72. The Hall–Kier alpha value is -3.53. The second-order valence-electron chi connectivity index (χ2n) is 6.02. The van der Waals surface area contributed by atoms with Crippen molar-refractivity contribution in [2.75, 3.05) is 0 Å². The molecule has 1 amide bonds. The second kappa shape index (κ2) is 7.15. The van der Waals surface area contributed by atoms with Crippen molar-refractivity contribution in [1.29, 1.82) is 0 Å². The topological polar surface area (TPSA) is 54.1 Å². The summed E-state index contributed by atoms with van der Waals surface area (Å²) in [5.74, 6) is 1.36. The molecule has 0 aliphatic heterocycles. The molecule has 2 N–H and O–H groups in total. The molecule has 0 spiro atoms. The number of hydrogen-bond acceptors (Lipinski definition) is 2. The van der Waals surface area contributed by atoms with Gasteiger partial charge in [0.1, 0.15) is 11.5 Å². The van der Waals surface area contributed by atoms with Gasteiger partial charge in [-0.25, -0.2) is 0 Å². The number of hydrogen-bond donors (Lipinski definition) is 2. The molecular weight excluding hydrogens is 324 g/mol. The number of aromatic nitrogens is 1. The van der Waals surface area contributed by atoms with Crippen LogP contribution in [-0.2, 0) is 6.54 Å². The van der Waals surface area contributed by atoms with Crippen LogP contribution in [0.4, 0.5) is 0 Å². The number of rotatable bonds is 5. The molecule has 3 aromatic carbocycles. The van der Waals surface area contributed by atoms with Crippen LogP contribution >= 0.6 is 0 Å². The van der Waals surface area contributed by atoms with Crippen LogP contribution in [0.25, 0.3) is 10.9 Å². The molecule has 4 heteroatoms. The van der Waals surface area contributed by atoms with E-state index in [-0.39, 0.29) is 5.91 Å². The molecule has 0 aliphatic rings. The van der Waals surface area contributed by atoms with Crippen LogP contribution in [0.2, 0.25) is 0 Å². The van der Waals surface area contributed by atoms with Gasteiger partial charge in [0.25, 0.3) is 5.91 Å². The Balaban J connectivity index is 1.38. The van der Waals surface area contributed by atoms with Crippen LogP contribution in [0, 0.1) is 0 Å². The van der Waals surface area contributed by atoms with Gasteiger partial charge < -0.3 is 15.0 Å². The summed E-state index contributed by atoms with van der Waals surface area (Å²) in [6.07, 6.45) is 1.91. The lowest BCUT2D eigenvalue weighted by atomic mass is 10.1. The second-order valence-corrected chi connectivity index (χ2v) is 6.02. The molecule has 4 rings (SSSR count). The molecule has 0 fully saturated rings. The zero-order chi connectivity index (χ0) is 17.8. The molecule has 1 aromatic heterocycles. The molecule has 4 aromatic rings. The molecule has 0 atom stereocenters. The smallest absolute Gasteiger partial charge is 0.251 e. The Morgan fingerprint density at radius 2 is 1.65 bits per heavy atom. The first-order chi connectivity index (χ1) is 12.8. The quantitative estimate of drug-likeness (QED) is 0.542. The Morgan fingerprint density at radius 1 is 0.885 bits per heavy atom. The van der Waals surface area contributed by atoms with E-state index < -0.39 is 0 Å². The molecule has 26 heavy (non-hydrogen) atoms. The molecule has 1 heterocycles. The fourth-order valence-corrected chi connectivity index (χ4v) is 2.79. The molecule has 0 unspecified atom stereocenters. The summed E-state index contributed by atoms with van der Waals surface area (Å²) in [6.45, 7) is 0.482. The average molecular weight is 342 g/mol. The summed E-state index contributed by atoms with van der Waals surface area (Å²) in [4.78, 5) is 15.5. The van der Waals surface area contributed by atoms with Gasteiger partial charge in [0.15, 0.2) is 0 Å². The summed E-state index contributed by atoms with van der Waals surface area (Å²) in [5, 5.41) is 4.11. The van der Waals surface area contributed by atoms with Crippen LogP contribution in [0.3, 0.4) is 0 Å². The zero-order valence-corrected chi connectivity index (χ0v) is 14.1. The van der Waals surface area contributed by atoms with E-state index in [0.717, 1.165) is 22.2 Å². The maximum absolute atomic E-state index is 12.3. The first kappa shape index (κ1) is 16.0.